The number of hydrogen-bond acceptors (Lipinski definition) is 3. The van der Waals surface area contributed by atoms with Crippen LogP contribution in [-0.2, 0) is 5.75 Å². The number of nitrogens with zero attached hydrogens (tertiary/aromatic N) is 1. The molecule has 0 saturated carbocycles. The molecule has 1 heterocycles. The van der Waals surface area contributed by atoms with E-state index in [4.69, 9.17) is 4.74 Å². The Morgan fingerprint density at radius 3 is 2.83 bits per heavy atom. The van der Waals surface area contributed by atoms with Crippen molar-refractivity contribution >= 4 is 33.6 Å². The van der Waals surface area contributed by atoms with Crippen LogP contribution >= 0.6 is 11.8 Å². The Kier molecular flexibility index (Phi) is 3.67. The monoisotopic (exact) mass is 320 g/mol. The summed E-state index contributed by atoms with van der Waals surface area (Å²) in [7, 11) is 1.67. The highest BCUT2D eigenvalue weighted by Crippen LogP contribution is 2.28. The minimum absolute atomic E-state index is 0.840. The van der Waals surface area contributed by atoms with Crippen molar-refractivity contribution in [2.24, 2.45) is 0 Å². The van der Waals surface area contributed by atoms with Gasteiger partial charge in [0.05, 0.1) is 18.1 Å². The average molecular weight is 320 g/mol. The summed E-state index contributed by atoms with van der Waals surface area (Å²) in [4.78, 5) is 8.00. The number of methoxy groups -OCH3 is 1. The van der Waals surface area contributed by atoms with Crippen molar-refractivity contribution in [2.45, 2.75) is 10.9 Å². The molecule has 114 valence electrons. The van der Waals surface area contributed by atoms with Crippen LogP contribution in [0.2, 0.25) is 0 Å². The number of nitrogens with one attached hydrogen (secondary N) is 1. The highest BCUT2D eigenvalue weighted by atomic mass is 32.2. The van der Waals surface area contributed by atoms with Crippen LogP contribution in [0.25, 0.3) is 21.8 Å². The highest BCUT2D eigenvalue weighted by molar-refractivity contribution is 7.98. The first-order chi connectivity index (χ1) is 11.3. The van der Waals surface area contributed by atoms with Gasteiger partial charge in [-0.25, -0.2) is 4.98 Å². The molecule has 0 fully saturated rings. The van der Waals surface area contributed by atoms with Gasteiger partial charge >= 0.3 is 0 Å². The van der Waals surface area contributed by atoms with Crippen molar-refractivity contribution in [1.82, 2.24) is 9.97 Å². The zero-order chi connectivity index (χ0) is 15.6. The fourth-order valence-electron chi connectivity index (χ4n) is 2.73. The summed E-state index contributed by atoms with van der Waals surface area (Å²) in [5, 5.41) is 3.52. The maximum Gasteiger partial charge on any atom is 0.166 e. The molecule has 0 amide bonds. The molecule has 3 nitrogen and oxygen atoms in total. The molecule has 0 aliphatic carbocycles. The molecule has 4 aromatic rings. The zero-order valence-corrected chi connectivity index (χ0v) is 13.6. The van der Waals surface area contributed by atoms with Gasteiger partial charge in [-0.2, -0.15) is 0 Å². The number of aromatic amines is 1. The molecule has 0 atom stereocenters. The zero-order valence-electron chi connectivity index (χ0n) is 12.7. The summed E-state index contributed by atoms with van der Waals surface area (Å²) in [6, 6.07) is 20.8. The third-order valence-corrected chi connectivity index (χ3v) is 4.83. The second-order valence-corrected chi connectivity index (χ2v) is 6.32. The number of rotatable bonds is 4. The fourth-order valence-corrected chi connectivity index (χ4v) is 3.61. The first kappa shape index (κ1) is 14.2. The molecule has 1 N–H and O–H groups in total. The molecule has 0 saturated heterocycles. The van der Waals surface area contributed by atoms with Crippen LogP contribution < -0.4 is 4.74 Å². The molecular formula is C19H16N2OS. The van der Waals surface area contributed by atoms with E-state index in [-0.39, 0.29) is 0 Å². The van der Waals surface area contributed by atoms with Crippen molar-refractivity contribution in [3.05, 3.63) is 66.2 Å². The van der Waals surface area contributed by atoms with Crippen LogP contribution in [0.1, 0.15) is 5.56 Å². The number of benzene rings is 3. The van der Waals surface area contributed by atoms with Crippen molar-refractivity contribution in [2.75, 3.05) is 7.11 Å². The highest BCUT2D eigenvalue weighted by Gasteiger charge is 2.06. The van der Waals surface area contributed by atoms with Gasteiger partial charge in [-0.3, -0.25) is 0 Å². The first-order valence-corrected chi connectivity index (χ1v) is 8.45. The molecular weight excluding hydrogens is 304 g/mol. The summed E-state index contributed by atoms with van der Waals surface area (Å²) in [5.74, 6) is 1.73. The van der Waals surface area contributed by atoms with E-state index in [2.05, 4.69) is 52.4 Å². The van der Waals surface area contributed by atoms with E-state index in [0.29, 0.717) is 0 Å². The lowest BCUT2D eigenvalue weighted by atomic mass is 10.1. The Bertz CT molecular complexity index is 972. The number of aromatic nitrogens is 2. The van der Waals surface area contributed by atoms with Crippen LogP contribution in [0.3, 0.4) is 0 Å². The lowest BCUT2D eigenvalue weighted by molar-refractivity contribution is 0.415. The topological polar surface area (TPSA) is 37.9 Å². The van der Waals surface area contributed by atoms with Crippen molar-refractivity contribution in [3.8, 4) is 5.75 Å². The molecule has 0 aliphatic heterocycles. The van der Waals surface area contributed by atoms with Gasteiger partial charge < -0.3 is 9.72 Å². The molecule has 0 bridgehead atoms. The lowest BCUT2D eigenvalue weighted by Gasteiger charge is -2.04. The van der Waals surface area contributed by atoms with Gasteiger partial charge in [-0.05, 0) is 28.5 Å². The van der Waals surface area contributed by atoms with Gasteiger partial charge in [0.25, 0.3) is 0 Å². The number of thioether (sulfide) groups is 1. The number of imidazole rings is 1. The van der Waals surface area contributed by atoms with E-state index in [0.717, 1.165) is 27.7 Å². The minimum atomic E-state index is 0.840. The molecule has 0 aliphatic rings. The number of H-pyrrole nitrogens is 1. The summed E-state index contributed by atoms with van der Waals surface area (Å²) in [5.41, 5.74) is 3.29. The average Bonchev–Trinajstić information content (AvgIpc) is 3.01. The summed E-state index contributed by atoms with van der Waals surface area (Å²) >= 11 is 1.72. The van der Waals surface area contributed by atoms with Crippen LogP contribution in [0, 0.1) is 0 Å². The molecule has 3 aromatic carbocycles. The number of ether oxygens (including phenoxy) is 1. The standard InChI is InChI=1S/C19H16N2OS/c1-22-15-9-10-17-18(11-15)21-19(20-17)23-12-14-7-4-6-13-5-2-3-8-16(13)14/h2-11H,12H2,1H3,(H,20,21). The third kappa shape index (κ3) is 2.78. The lowest BCUT2D eigenvalue weighted by Crippen LogP contribution is -1.84. The second-order valence-electron chi connectivity index (χ2n) is 5.35. The molecule has 0 unspecified atom stereocenters. The van der Waals surface area contributed by atoms with Gasteiger partial charge in [0.15, 0.2) is 5.16 Å². The van der Waals surface area contributed by atoms with E-state index < -0.39 is 0 Å². The Morgan fingerprint density at radius 1 is 1.04 bits per heavy atom. The molecule has 4 rings (SSSR count). The Balaban J connectivity index is 1.60. The normalized spacial score (nSPS) is 11.2. The number of fused-ring (bicyclic) bond motifs is 2. The van der Waals surface area contributed by atoms with Crippen LogP contribution in [0.5, 0.6) is 5.75 Å². The molecule has 1 aromatic heterocycles. The van der Waals surface area contributed by atoms with E-state index in [9.17, 15) is 0 Å². The van der Waals surface area contributed by atoms with Crippen molar-refractivity contribution in [3.63, 3.8) is 0 Å². The Hall–Kier alpha value is -2.46. The predicted octanol–water partition coefficient (Wildman–Crippen LogP) is 5.02. The van der Waals surface area contributed by atoms with E-state index in [1.54, 1.807) is 18.9 Å². The SMILES string of the molecule is COc1ccc2nc(SCc3cccc4ccccc34)[nH]c2c1. The van der Waals surface area contributed by atoms with E-state index >= 15 is 0 Å². The Labute approximate surface area is 138 Å². The maximum atomic E-state index is 5.25. The summed E-state index contributed by atoms with van der Waals surface area (Å²) in [6.07, 6.45) is 0. The molecule has 0 radical (unpaired) electrons. The molecule has 0 spiro atoms. The predicted molar refractivity (Wildman–Crippen MR) is 96.2 cm³/mol. The van der Waals surface area contributed by atoms with Crippen LogP contribution in [-0.4, -0.2) is 17.1 Å². The third-order valence-electron chi connectivity index (χ3n) is 3.91. The number of hydrogen-bond donors (Lipinski definition) is 1. The summed E-state index contributed by atoms with van der Waals surface area (Å²) < 4.78 is 5.25. The smallest absolute Gasteiger partial charge is 0.166 e. The molecule has 23 heavy (non-hydrogen) atoms. The van der Waals surface area contributed by atoms with E-state index in [1.165, 1.54) is 16.3 Å². The molecule has 4 heteroatoms. The van der Waals surface area contributed by atoms with Gasteiger partial charge in [0, 0.05) is 11.8 Å². The van der Waals surface area contributed by atoms with Crippen molar-refractivity contribution < 1.29 is 4.74 Å². The second kappa shape index (κ2) is 5.97. The largest absolute Gasteiger partial charge is 0.497 e. The minimum Gasteiger partial charge on any atom is -0.497 e. The summed E-state index contributed by atoms with van der Waals surface area (Å²) in [6.45, 7) is 0. The van der Waals surface area contributed by atoms with Crippen molar-refractivity contribution in [1.29, 1.82) is 0 Å². The van der Waals surface area contributed by atoms with Gasteiger partial charge in [-0.15, -0.1) is 0 Å². The van der Waals surface area contributed by atoms with Gasteiger partial charge in [0.1, 0.15) is 5.75 Å². The quantitative estimate of drug-likeness (QED) is 0.537. The Morgan fingerprint density at radius 2 is 1.91 bits per heavy atom. The van der Waals surface area contributed by atoms with Gasteiger partial charge in [0.2, 0.25) is 0 Å². The van der Waals surface area contributed by atoms with E-state index in [1.807, 2.05) is 18.2 Å². The van der Waals surface area contributed by atoms with Crippen LogP contribution in [0.15, 0.2) is 65.8 Å². The first-order valence-electron chi connectivity index (χ1n) is 7.47. The maximum absolute atomic E-state index is 5.25. The van der Waals surface area contributed by atoms with Crippen LogP contribution in [0.4, 0.5) is 0 Å². The van der Waals surface area contributed by atoms with Gasteiger partial charge in [-0.1, -0.05) is 54.2 Å². The fraction of sp³-hybridized carbons (Fsp3) is 0.105.